The first-order valence-electron chi connectivity index (χ1n) is 11.4. The first-order chi connectivity index (χ1) is 14.7. The predicted molar refractivity (Wildman–Crippen MR) is 118 cm³/mol. The molecule has 2 unspecified atom stereocenters. The second kappa shape index (κ2) is 9.13. The summed E-state index contributed by atoms with van der Waals surface area (Å²) in [4.78, 5) is 28.3. The molecule has 1 N–H and O–H groups in total. The molecule has 0 aliphatic carbocycles. The highest BCUT2D eigenvalue weighted by atomic mass is 16.7. The Hall–Kier alpha value is -2.18. The van der Waals surface area contributed by atoms with Crippen molar-refractivity contribution in [3.63, 3.8) is 0 Å². The molecule has 2 heterocycles. The summed E-state index contributed by atoms with van der Waals surface area (Å²) in [6.07, 6.45) is 2.83. The SMILES string of the molecule is CCCCN(CCCC)C(=O)C1C(C)(O)O[C@H]2C(C(C)=O)=C(C)O[C@@]12c1ccccc1. The number of unbranched alkanes of at least 4 members (excludes halogenated alkanes) is 2. The van der Waals surface area contributed by atoms with E-state index in [1.54, 1.807) is 6.92 Å². The molecule has 3 rings (SSSR count). The van der Waals surface area contributed by atoms with E-state index in [1.165, 1.54) is 13.8 Å². The Morgan fingerprint density at radius 2 is 1.68 bits per heavy atom. The lowest BCUT2D eigenvalue weighted by atomic mass is 9.74. The summed E-state index contributed by atoms with van der Waals surface area (Å²) in [6.45, 7) is 10.1. The van der Waals surface area contributed by atoms with E-state index in [0.717, 1.165) is 31.2 Å². The average Bonchev–Trinajstić information content (AvgIpc) is 3.12. The molecule has 0 bridgehead atoms. The fourth-order valence-electron chi connectivity index (χ4n) is 4.96. The maximum absolute atomic E-state index is 14.0. The summed E-state index contributed by atoms with van der Waals surface area (Å²) in [5.74, 6) is -2.72. The van der Waals surface area contributed by atoms with Gasteiger partial charge in [0.05, 0.1) is 5.57 Å². The number of rotatable bonds is 9. The molecule has 6 nitrogen and oxygen atoms in total. The zero-order valence-corrected chi connectivity index (χ0v) is 19.3. The van der Waals surface area contributed by atoms with Gasteiger partial charge in [0.1, 0.15) is 17.8 Å². The molecule has 2 aliphatic rings. The van der Waals surface area contributed by atoms with E-state index >= 15 is 0 Å². The maximum Gasteiger partial charge on any atom is 0.235 e. The second-order valence-electron chi connectivity index (χ2n) is 8.81. The van der Waals surface area contributed by atoms with Gasteiger partial charge in [-0.15, -0.1) is 0 Å². The summed E-state index contributed by atoms with van der Waals surface area (Å²) < 4.78 is 12.5. The van der Waals surface area contributed by atoms with Crippen LogP contribution in [0.5, 0.6) is 0 Å². The molecule has 0 radical (unpaired) electrons. The van der Waals surface area contributed by atoms with Crippen molar-refractivity contribution in [1.29, 1.82) is 0 Å². The van der Waals surface area contributed by atoms with Crippen molar-refractivity contribution in [2.45, 2.75) is 77.8 Å². The number of hydrogen-bond acceptors (Lipinski definition) is 5. The molecule has 31 heavy (non-hydrogen) atoms. The number of carbonyl (C=O) groups excluding carboxylic acids is 2. The van der Waals surface area contributed by atoms with Crippen LogP contribution in [0.25, 0.3) is 0 Å². The molecule has 1 aromatic carbocycles. The molecule has 1 saturated heterocycles. The molecule has 4 atom stereocenters. The number of ether oxygens (including phenoxy) is 2. The smallest absolute Gasteiger partial charge is 0.235 e. The molecule has 1 aromatic rings. The van der Waals surface area contributed by atoms with E-state index in [0.29, 0.717) is 24.4 Å². The zero-order valence-electron chi connectivity index (χ0n) is 19.3. The third kappa shape index (κ3) is 4.03. The van der Waals surface area contributed by atoms with E-state index in [2.05, 4.69) is 13.8 Å². The maximum atomic E-state index is 14.0. The van der Waals surface area contributed by atoms with Crippen LogP contribution in [0, 0.1) is 5.92 Å². The van der Waals surface area contributed by atoms with E-state index < -0.39 is 23.4 Å². The third-order valence-electron chi connectivity index (χ3n) is 6.40. The number of fused-ring (bicyclic) bond motifs is 1. The van der Waals surface area contributed by atoms with Crippen molar-refractivity contribution in [2.75, 3.05) is 13.1 Å². The summed E-state index contributed by atoms with van der Waals surface area (Å²) >= 11 is 0. The topological polar surface area (TPSA) is 76.1 Å². The highest BCUT2D eigenvalue weighted by molar-refractivity contribution is 5.96. The standard InChI is InChI=1S/C25H35NO5/c1-6-8-15-26(16-9-7-2)23(28)21-24(5,29)31-22-20(17(3)27)18(4)30-25(21,22)19-13-11-10-12-14-19/h10-14,21-22,29H,6-9,15-16H2,1-5H3/t21?,22-,24?,25-/m0/s1. The average molecular weight is 430 g/mol. The lowest BCUT2D eigenvalue weighted by Gasteiger charge is -2.38. The van der Waals surface area contributed by atoms with E-state index in [4.69, 9.17) is 9.47 Å². The van der Waals surface area contributed by atoms with Gasteiger partial charge in [-0.05, 0) is 39.2 Å². The van der Waals surface area contributed by atoms with Crippen LogP contribution >= 0.6 is 0 Å². The van der Waals surface area contributed by atoms with Gasteiger partial charge in [-0.2, -0.15) is 0 Å². The first kappa shape index (κ1) is 23.5. The van der Waals surface area contributed by atoms with Gasteiger partial charge in [-0.1, -0.05) is 57.0 Å². The number of aliphatic hydroxyl groups is 1. The summed E-state index contributed by atoms with van der Waals surface area (Å²) in [6, 6.07) is 9.36. The van der Waals surface area contributed by atoms with Gasteiger partial charge in [-0.3, -0.25) is 9.59 Å². The van der Waals surface area contributed by atoms with Crippen LogP contribution in [0.1, 0.15) is 65.9 Å². The Morgan fingerprint density at radius 3 is 2.19 bits per heavy atom. The molecular formula is C25H35NO5. The normalized spacial score (nSPS) is 29.6. The Labute approximate surface area is 185 Å². The Balaban J connectivity index is 2.13. The van der Waals surface area contributed by atoms with Crippen LogP contribution in [-0.2, 0) is 24.7 Å². The van der Waals surface area contributed by atoms with Crippen LogP contribution in [0.2, 0.25) is 0 Å². The van der Waals surface area contributed by atoms with Crippen LogP contribution in [-0.4, -0.2) is 46.7 Å². The minimum Gasteiger partial charge on any atom is -0.482 e. The molecule has 2 aliphatic heterocycles. The number of carbonyl (C=O) groups is 2. The molecule has 170 valence electrons. The number of nitrogens with zero attached hydrogens (tertiary/aromatic N) is 1. The molecule has 1 fully saturated rings. The number of hydrogen-bond donors (Lipinski definition) is 1. The van der Waals surface area contributed by atoms with Crippen molar-refractivity contribution < 1.29 is 24.2 Å². The monoisotopic (exact) mass is 429 g/mol. The summed E-state index contributed by atoms with van der Waals surface area (Å²) in [5, 5.41) is 11.4. The Kier molecular flexibility index (Phi) is 6.92. The molecular weight excluding hydrogens is 394 g/mol. The lowest BCUT2D eigenvalue weighted by molar-refractivity contribution is -0.200. The number of benzene rings is 1. The first-order valence-corrected chi connectivity index (χ1v) is 11.4. The van der Waals surface area contributed by atoms with Crippen LogP contribution in [0.3, 0.4) is 0 Å². The van der Waals surface area contributed by atoms with Crippen molar-refractivity contribution >= 4 is 11.7 Å². The third-order valence-corrected chi connectivity index (χ3v) is 6.40. The van der Waals surface area contributed by atoms with Gasteiger partial charge in [-0.25, -0.2) is 0 Å². The highest BCUT2D eigenvalue weighted by Gasteiger charge is 2.71. The molecule has 1 amide bonds. The van der Waals surface area contributed by atoms with Gasteiger partial charge < -0.3 is 19.5 Å². The molecule has 0 aromatic heterocycles. The minimum atomic E-state index is -1.78. The van der Waals surface area contributed by atoms with Gasteiger partial charge in [0.2, 0.25) is 5.91 Å². The van der Waals surface area contributed by atoms with Crippen molar-refractivity contribution in [3.8, 4) is 0 Å². The number of Topliss-reactive ketones (excluding diaryl/α,β-unsaturated/α-hetero) is 1. The van der Waals surface area contributed by atoms with Crippen molar-refractivity contribution in [2.24, 2.45) is 5.92 Å². The van der Waals surface area contributed by atoms with E-state index in [-0.39, 0.29) is 11.7 Å². The Bertz CT molecular complexity index is 839. The van der Waals surface area contributed by atoms with Gasteiger partial charge in [0.25, 0.3) is 0 Å². The van der Waals surface area contributed by atoms with Crippen LogP contribution in [0.4, 0.5) is 0 Å². The van der Waals surface area contributed by atoms with Crippen LogP contribution < -0.4 is 0 Å². The van der Waals surface area contributed by atoms with Gasteiger partial charge in [0.15, 0.2) is 17.2 Å². The molecule has 0 spiro atoms. The predicted octanol–water partition coefficient (Wildman–Crippen LogP) is 3.93. The molecule has 0 saturated carbocycles. The van der Waals surface area contributed by atoms with Gasteiger partial charge >= 0.3 is 0 Å². The van der Waals surface area contributed by atoms with E-state index in [9.17, 15) is 14.7 Å². The zero-order chi connectivity index (χ0) is 22.8. The Morgan fingerprint density at radius 1 is 1.10 bits per heavy atom. The second-order valence-corrected chi connectivity index (χ2v) is 8.81. The molecule has 6 heteroatoms. The number of allylic oxidation sites excluding steroid dienone is 1. The minimum absolute atomic E-state index is 0.182. The highest BCUT2D eigenvalue weighted by Crippen LogP contribution is 2.58. The van der Waals surface area contributed by atoms with E-state index in [1.807, 2.05) is 35.2 Å². The van der Waals surface area contributed by atoms with Gasteiger partial charge in [0, 0.05) is 13.1 Å². The van der Waals surface area contributed by atoms with Crippen molar-refractivity contribution in [3.05, 3.63) is 47.2 Å². The number of amides is 1. The fraction of sp³-hybridized carbons (Fsp3) is 0.600. The number of ketones is 1. The summed E-state index contributed by atoms with van der Waals surface area (Å²) in [7, 11) is 0. The quantitative estimate of drug-likeness (QED) is 0.644. The van der Waals surface area contributed by atoms with Crippen LogP contribution in [0.15, 0.2) is 41.7 Å². The largest absolute Gasteiger partial charge is 0.482 e. The van der Waals surface area contributed by atoms with Crippen molar-refractivity contribution in [1.82, 2.24) is 4.90 Å². The summed E-state index contributed by atoms with van der Waals surface area (Å²) in [5.41, 5.74) is -0.186. The fourth-order valence-corrected chi connectivity index (χ4v) is 4.96. The lowest BCUT2D eigenvalue weighted by Crippen LogP contribution is -2.53.